The van der Waals surface area contributed by atoms with E-state index in [-0.39, 0.29) is 0 Å². The van der Waals surface area contributed by atoms with Gasteiger partial charge in [0.25, 0.3) is 0 Å². The molecule has 0 spiro atoms. The lowest BCUT2D eigenvalue weighted by atomic mass is 10.4. The highest BCUT2D eigenvalue weighted by molar-refractivity contribution is 5.50. The molecule has 5 nitrogen and oxygen atoms in total. The fourth-order valence-electron chi connectivity index (χ4n) is 1.82. The Morgan fingerprint density at radius 1 is 1.50 bits per heavy atom. The predicted octanol–water partition coefficient (Wildman–Crippen LogP) is 0.109. The summed E-state index contributed by atoms with van der Waals surface area (Å²) in [6, 6.07) is 0. The van der Waals surface area contributed by atoms with E-state index in [4.69, 9.17) is 19.7 Å². The van der Waals surface area contributed by atoms with Gasteiger partial charge in [0.15, 0.2) is 6.73 Å². The molecule has 84 valence electrons. The summed E-state index contributed by atoms with van der Waals surface area (Å²) in [6.07, 6.45) is 0.689. The van der Waals surface area contributed by atoms with Gasteiger partial charge in [-0.05, 0) is 6.92 Å². The summed E-state index contributed by atoms with van der Waals surface area (Å²) < 4.78 is 6.38. The number of hydrogen-bond acceptors (Lipinski definition) is 3. The van der Waals surface area contributed by atoms with Crippen molar-refractivity contribution in [1.29, 1.82) is 0 Å². The van der Waals surface area contributed by atoms with Crippen LogP contribution in [0.4, 0.5) is 4.79 Å². The summed E-state index contributed by atoms with van der Waals surface area (Å²) >= 11 is 0. The number of ether oxygens (including phenoxy) is 1. The molecule has 14 heavy (non-hydrogen) atoms. The average molecular weight is 205 g/mol. The summed E-state index contributed by atoms with van der Waals surface area (Å²) in [5.74, 6) is 0. The first-order valence-corrected chi connectivity index (χ1v) is 4.80. The fourth-order valence-corrected chi connectivity index (χ4v) is 1.82. The SMILES string of the molecule is CC[N+]1(COC)CCCC1.O=C([O-])O. The van der Waals surface area contributed by atoms with E-state index in [0.29, 0.717) is 0 Å². The minimum Gasteiger partial charge on any atom is -0.565 e. The Hall–Kier alpha value is -0.810. The standard InChI is InChI=1S/C8H18NO.CH2O3/c1-3-9(8-10-2)6-4-5-7-9;2-1(3)4/h3-8H2,1-2H3;(H2,2,3,4)/q+1;/p-1. The van der Waals surface area contributed by atoms with Crippen LogP contribution in [0.15, 0.2) is 0 Å². The Morgan fingerprint density at radius 2 is 1.93 bits per heavy atom. The van der Waals surface area contributed by atoms with E-state index in [0.717, 1.165) is 6.73 Å². The maximum atomic E-state index is 8.44. The molecule has 0 aromatic carbocycles. The van der Waals surface area contributed by atoms with E-state index < -0.39 is 6.16 Å². The Labute approximate surface area is 84.5 Å². The number of hydrogen-bond donors (Lipinski definition) is 1. The van der Waals surface area contributed by atoms with E-state index in [9.17, 15) is 0 Å². The van der Waals surface area contributed by atoms with E-state index in [1.165, 1.54) is 37.0 Å². The van der Waals surface area contributed by atoms with Crippen LogP contribution < -0.4 is 5.11 Å². The molecule has 1 aliphatic heterocycles. The zero-order valence-corrected chi connectivity index (χ0v) is 8.86. The lowest BCUT2D eigenvalue weighted by molar-refractivity contribution is -0.932. The van der Waals surface area contributed by atoms with E-state index in [1.54, 1.807) is 7.11 Å². The van der Waals surface area contributed by atoms with Crippen molar-refractivity contribution in [2.24, 2.45) is 0 Å². The number of likely N-dealkylation sites (tertiary alicyclic amines) is 1. The van der Waals surface area contributed by atoms with Crippen LogP contribution in [0.5, 0.6) is 0 Å². The highest BCUT2D eigenvalue weighted by atomic mass is 16.6. The molecule has 1 heterocycles. The first kappa shape index (κ1) is 13.2. The van der Waals surface area contributed by atoms with Gasteiger partial charge in [0.2, 0.25) is 6.16 Å². The molecule has 0 radical (unpaired) electrons. The van der Waals surface area contributed by atoms with Crippen LogP contribution in [-0.4, -0.2) is 49.2 Å². The molecule has 1 fully saturated rings. The molecule has 0 aromatic rings. The van der Waals surface area contributed by atoms with Crippen molar-refractivity contribution < 1.29 is 24.2 Å². The second-order valence-electron chi connectivity index (χ2n) is 3.50. The van der Waals surface area contributed by atoms with Crippen LogP contribution in [0.3, 0.4) is 0 Å². The number of carbonyl (C=O) groups is 1. The number of nitrogens with zero attached hydrogens (tertiary/aromatic N) is 1. The van der Waals surface area contributed by atoms with E-state index >= 15 is 0 Å². The second kappa shape index (κ2) is 6.62. The molecule has 0 amide bonds. The van der Waals surface area contributed by atoms with Gasteiger partial charge in [-0.15, -0.1) is 0 Å². The van der Waals surface area contributed by atoms with Crippen molar-refractivity contribution in [1.82, 2.24) is 0 Å². The summed E-state index contributed by atoms with van der Waals surface area (Å²) in [4.78, 5) is 8.44. The zero-order chi connectivity index (χ0) is 11.0. The van der Waals surface area contributed by atoms with Gasteiger partial charge in [0.05, 0.1) is 19.6 Å². The van der Waals surface area contributed by atoms with Crippen LogP contribution in [-0.2, 0) is 4.74 Å². The van der Waals surface area contributed by atoms with Gasteiger partial charge < -0.3 is 24.2 Å². The highest BCUT2D eigenvalue weighted by Gasteiger charge is 2.29. The summed E-state index contributed by atoms with van der Waals surface area (Å²) in [7, 11) is 1.80. The predicted molar refractivity (Wildman–Crippen MR) is 49.7 cm³/mol. The Kier molecular flexibility index (Phi) is 6.23. The monoisotopic (exact) mass is 205 g/mol. The summed E-state index contributed by atoms with van der Waals surface area (Å²) in [6.45, 7) is 7.04. The molecule has 0 aromatic heterocycles. The second-order valence-corrected chi connectivity index (χ2v) is 3.50. The Balaban J connectivity index is 0.000000364. The van der Waals surface area contributed by atoms with Crippen LogP contribution >= 0.6 is 0 Å². The van der Waals surface area contributed by atoms with Gasteiger partial charge in [0.1, 0.15) is 0 Å². The fraction of sp³-hybridized carbons (Fsp3) is 0.889. The average Bonchev–Trinajstić information content (AvgIpc) is 2.53. The number of carboxylic acid groups (broad SMARTS) is 2. The first-order valence-electron chi connectivity index (χ1n) is 4.80. The van der Waals surface area contributed by atoms with Crippen molar-refractivity contribution in [2.75, 3.05) is 33.5 Å². The van der Waals surface area contributed by atoms with Crippen molar-refractivity contribution >= 4 is 6.16 Å². The van der Waals surface area contributed by atoms with Gasteiger partial charge in [-0.3, -0.25) is 0 Å². The van der Waals surface area contributed by atoms with E-state index in [1.807, 2.05) is 0 Å². The van der Waals surface area contributed by atoms with Crippen molar-refractivity contribution in [2.45, 2.75) is 19.8 Å². The van der Waals surface area contributed by atoms with Crippen LogP contribution in [0, 0.1) is 0 Å². The van der Waals surface area contributed by atoms with Crippen LogP contribution in [0.1, 0.15) is 19.8 Å². The third-order valence-electron chi connectivity index (χ3n) is 2.59. The summed E-state index contributed by atoms with van der Waals surface area (Å²) in [5.41, 5.74) is 0. The zero-order valence-electron chi connectivity index (χ0n) is 8.86. The topological polar surface area (TPSA) is 69.6 Å². The molecule has 5 heteroatoms. The number of quaternary nitrogens is 1. The minimum atomic E-state index is -2.08. The molecule has 1 saturated heterocycles. The Morgan fingerprint density at radius 3 is 2.21 bits per heavy atom. The lowest BCUT2D eigenvalue weighted by Gasteiger charge is -2.31. The lowest BCUT2D eigenvalue weighted by Crippen LogP contribution is -2.46. The number of rotatable bonds is 3. The molecule has 0 saturated carbocycles. The largest absolute Gasteiger partial charge is 0.565 e. The third kappa shape index (κ3) is 5.04. The molecule has 0 unspecified atom stereocenters. The van der Waals surface area contributed by atoms with Crippen LogP contribution in [0.25, 0.3) is 0 Å². The molecular formula is C9H19NO4. The third-order valence-corrected chi connectivity index (χ3v) is 2.59. The van der Waals surface area contributed by atoms with Gasteiger partial charge in [-0.25, -0.2) is 0 Å². The molecule has 0 aliphatic carbocycles. The smallest absolute Gasteiger partial charge is 0.249 e. The van der Waals surface area contributed by atoms with Crippen LogP contribution in [0.2, 0.25) is 0 Å². The molecule has 0 atom stereocenters. The summed E-state index contributed by atoms with van der Waals surface area (Å²) in [5, 5.41) is 15.3. The Bertz CT molecular complexity index is 162. The highest BCUT2D eigenvalue weighted by Crippen LogP contribution is 2.18. The van der Waals surface area contributed by atoms with Gasteiger partial charge in [-0.1, -0.05) is 0 Å². The molecule has 0 bridgehead atoms. The molecule has 1 rings (SSSR count). The van der Waals surface area contributed by atoms with Gasteiger partial charge in [-0.2, -0.15) is 0 Å². The molecular weight excluding hydrogens is 186 g/mol. The normalized spacial score (nSPS) is 18.4. The quantitative estimate of drug-likeness (QED) is 0.664. The van der Waals surface area contributed by atoms with Crippen molar-refractivity contribution in [3.63, 3.8) is 0 Å². The first-order chi connectivity index (χ1) is 6.56. The molecule has 1 N–H and O–H groups in total. The minimum absolute atomic E-state index is 0.913. The maximum Gasteiger partial charge on any atom is 0.249 e. The molecule has 1 aliphatic rings. The van der Waals surface area contributed by atoms with Crippen molar-refractivity contribution in [3.05, 3.63) is 0 Å². The van der Waals surface area contributed by atoms with E-state index in [2.05, 4.69) is 6.92 Å². The maximum absolute atomic E-state index is 8.44. The number of methoxy groups -OCH3 is 1. The van der Waals surface area contributed by atoms with Gasteiger partial charge in [0, 0.05) is 20.0 Å². The van der Waals surface area contributed by atoms with Gasteiger partial charge >= 0.3 is 0 Å². The van der Waals surface area contributed by atoms with Crippen molar-refractivity contribution in [3.8, 4) is 0 Å².